The first-order valence-corrected chi connectivity index (χ1v) is 10.0. The fraction of sp³-hybridized carbons (Fsp3) is 0.320. The zero-order chi connectivity index (χ0) is 22.0. The van der Waals surface area contributed by atoms with Crippen LogP contribution in [-0.4, -0.2) is 27.7 Å². The Hall–Kier alpha value is -3.21. The number of phenols is 3. The van der Waals surface area contributed by atoms with Crippen molar-refractivity contribution in [3.8, 4) is 23.0 Å². The fourth-order valence-corrected chi connectivity index (χ4v) is 3.57. The van der Waals surface area contributed by atoms with Crippen LogP contribution in [0.25, 0.3) is 0 Å². The van der Waals surface area contributed by atoms with E-state index >= 15 is 0 Å². The second-order valence-electron chi connectivity index (χ2n) is 8.18. The van der Waals surface area contributed by atoms with Crippen LogP contribution in [0.15, 0.2) is 47.6 Å². The number of phenolic OH excluding ortho intramolecular Hbond substituents is 3. The second-order valence-corrected chi connectivity index (χ2v) is 8.18. The van der Waals surface area contributed by atoms with Crippen LogP contribution in [0.2, 0.25) is 0 Å². The van der Waals surface area contributed by atoms with E-state index in [9.17, 15) is 20.1 Å². The monoisotopic (exact) mass is 408 g/mol. The first kappa shape index (κ1) is 21.5. The van der Waals surface area contributed by atoms with Gasteiger partial charge in [-0.3, -0.25) is 4.79 Å². The predicted octanol–water partition coefficient (Wildman–Crippen LogP) is 5.18. The molecule has 5 heteroatoms. The van der Waals surface area contributed by atoms with E-state index in [1.807, 2.05) is 39.8 Å². The lowest BCUT2D eigenvalue weighted by atomic mass is 9.85. The molecule has 5 nitrogen and oxygen atoms in total. The molecule has 2 aromatic rings. The number of ketones is 1. The Bertz CT molecular complexity index is 1040. The van der Waals surface area contributed by atoms with E-state index in [4.69, 9.17) is 4.74 Å². The molecule has 0 amide bonds. The first-order chi connectivity index (χ1) is 14.2. The summed E-state index contributed by atoms with van der Waals surface area (Å²) in [6, 6.07) is 5.89. The van der Waals surface area contributed by atoms with Crippen LogP contribution in [0.4, 0.5) is 0 Å². The standard InChI is InChI=1S/C25H28O5/c1-14(2)5-7-16-11-20-24(29)21(18-10-8-17(26)12-22(18)27)13-30-25(20)19(23(16)28)9-6-15(3)4/h5-6,8,10-12,21,26-28H,7,9,13H2,1-4H3/t21-/m1/s1. The molecule has 158 valence electrons. The topological polar surface area (TPSA) is 87.0 Å². The molecule has 0 spiro atoms. The van der Waals surface area contributed by atoms with Crippen molar-refractivity contribution in [1.29, 1.82) is 0 Å². The van der Waals surface area contributed by atoms with Crippen molar-refractivity contribution in [2.45, 2.75) is 46.5 Å². The van der Waals surface area contributed by atoms with Gasteiger partial charge in [-0.2, -0.15) is 0 Å². The number of hydrogen-bond acceptors (Lipinski definition) is 5. The second kappa shape index (κ2) is 8.66. The summed E-state index contributed by atoms with van der Waals surface area (Å²) in [4.78, 5) is 13.4. The van der Waals surface area contributed by atoms with Crippen molar-refractivity contribution in [3.05, 3.63) is 69.8 Å². The summed E-state index contributed by atoms with van der Waals surface area (Å²) in [5.41, 5.74) is 4.31. The highest BCUT2D eigenvalue weighted by Gasteiger charge is 2.34. The molecule has 1 heterocycles. The van der Waals surface area contributed by atoms with Gasteiger partial charge in [0.1, 0.15) is 29.6 Å². The minimum Gasteiger partial charge on any atom is -0.508 e. The number of hydrogen-bond donors (Lipinski definition) is 3. The van der Waals surface area contributed by atoms with Gasteiger partial charge in [-0.15, -0.1) is 0 Å². The molecule has 0 aliphatic carbocycles. The molecule has 1 aliphatic heterocycles. The van der Waals surface area contributed by atoms with Gasteiger partial charge in [0.05, 0.1) is 11.5 Å². The molecule has 30 heavy (non-hydrogen) atoms. The molecule has 3 rings (SSSR count). The number of allylic oxidation sites excluding steroid dienone is 4. The van der Waals surface area contributed by atoms with Crippen LogP contribution in [0.5, 0.6) is 23.0 Å². The summed E-state index contributed by atoms with van der Waals surface area (Å²) < 4.78 is 5.97. The number of Topliss-reactive ketones (excluding diaryl/α,β-unsaturated/α-hetero) is 1. The molecule has 2 aromatic carbocycles. The molecular weight excluding hydrogens is 380 g/mol. The Morgan fingerprint density at radius 3 is 2.33 bits per heavy atom. The minimum absolute atomic E-state index is 0.0543. The first-order valence-electron chi connectivity index (χ1n) is 10.0. The third-order valence-electron chi connectivity index (χ3n) is 5.24. The van der Waals surface area contributed by atoms with E-state index in [1.165, 1.54) is 18.2 Å². The van der Waals surface area contributed by atoms with Gasteiger partial charge in [-0.1, -0.05) is 29.4 Å². The van der Waals surface area contributed by atoms with Gasteiger partial charge in [0.25, 0.3) is 0 Å². The number of rotatable bonds is 5. The maximum atomic E-state index is 13.4. The van der Waals surface area contributed by atoms with Crippen molar-refractivity contribution in [2.24, 2.45) is 0 Å². The number of benzene rings is 2. The van der Waals surface area contributed by atoms with Gasteiger partial charge >= 0.3 is 0 Å². The van der Waals surface area contributed by atoms with Crippen molar-refractivity contribution < 1.29 is 24.9 Å². The average molecular weight is 408 g/mol. The lowest BCUT2D eigenvalue weighted by Gasteiger charge is -2.28. The van der Waals surface area contributed by atoms with Crippen LogP contribution < -0.4 is 4.74 Å². The molecule has 0 radical (unpaired) electrons. The molecule has 0 saturated carbocycles. The minimum atomic E-state index is -0.685. The molecule has 1 atom stereocenters. The summed E-state index contributed by atoms with van der Waals surface area (Å²) in [6.07, 6.45) is 4.96. The molecule has 0 saturated heterocycles. The van der Waals surface area contributed by atoms with Crippen LogP contribution >= 0.6 is 0 Å². The number of carbonyl (C=O) groups is 1. The number of ether oxygens (including phenoxy) is 1. The molecule has 0 fully saturated rings. The van der Waals surface area contributed by atoms with E-state index < -0.39 is 5.92 Å². The lowest BCUT2D eigenvalue weighted by molar-refractivity contribution is 0.0892. The summed E-state index contributed by atoms with van der Waals surface area (Å²) in [5.74, 6) is -0.509. The maximum Gasteiger partial charge on any atom is 0.177 e. The quantitative estimate of drug-likeness (QED) is 0.594. The van der Waals surface area contributed by atoms with Gasteiger partial charge < -0.3 is 20.1 Å². The third kappa shape index (κ3) is 4.35. The number of fused-ring (bicyclic) bond motifs is 1. The van der Waals surface area contributed by atoms with Crippen LogP contribution in [0.3, 0.4) is 0 Å². The Labute approximate surface area is 177 Å². The van der Waals surface area contributed by atoms with Crippen molar-refractivity contribution >= 4 is 5.78 Å². The number of carbonyl (C=O) groups excluding carboxylic acids is 1. The maximum absolute atomic E-state index is 13.4. The summed E-state index contributed by atoms with van der Waals surface area (Å²) in [7, 11) is 0. The summed E-state index contributed by atoms with van der Waals surface area (Å²) in [5, 5.41) is 30.7. The van der Waals surface area contributed by atoms with Gasteiger partial charge in [-0.25, -0.2) is 0 Å². The van der Waals surface area contributed by atoms with Gasteiger partial charge in [-0.05, 0) is 58.2 Å². The highest BCUT2D eigenvalue weighted by molar-refractivity contribution is 6.05. The molecule has 1 aliphatic rings. The average Bonchev–Trinajstić information content (AvgIpc) is 2.67. The fourth-order valence-electron chi connectivity index (χ4n) is 3.57. The highest BCUT2D eigenvalue weighted by atomic mass is 16.5. The van der Waals surface area contributed by atoms with Gasteiger partial charge in [0.2, 0.25) is 0 Å². The summed E-state index contributed by atoms with van der Waals surface area (Å²) in [6.45, 7) is 7.98. The van der Waals surface area contributed by atoms with E-state index in [0.29, 0.717) is 40.8 Å². The van der Waals surface area contributed by atoms with Crippen LogP contribution in [0.1, 0.15) is 60.7 Å². The predicted molar refractivity (Wildman–Crippen MR) is 117 cm³/mol. The molecule has 0 aromatic heterocycles. The van der Waals surface area contributed by atoms with Crippen molar-refractivity contribution in [2.75, 3.05) is 6.61 Å². The Balaban J connectivity index is 2.11. The largest absolute Gasteiger partial charge is 0.508 e. The number of aromatic hydroxyl groups is 3. The lowest BCUT2D eigenvalue weighted by Crippen LogP contribution is -2.27. The SMILES string of the molecule is CC(C)=CCc1cc2c(c(CC=C(C)C)c1O)OC[C@H](c1ccc(O)cc1O)C2=O. The van der Waals surface area contributed by atoms with Crippen LogP contribution in [-0.2, 0) is 12.8 Å². The van der Waals surface area contributed by atoms with E-state index in [1.54, 1.807) is 6.07 Å². The van der Waals surface area contributed by atoms with Gasteiger partial charge in [0.15, 0.2) is 5.78 Å². The van der Waals surface area contributed by atoms with Crippen molar-refractivity contribution in [1.82, 2.24) is 0 Å². The normalized spacial score (nSPS) is 15.2. The Morgan fingerprint density at radius 1 is 1.03 bits per heavy atom. The third-order valence-corrected chi connectivity index (χ3v) is 5.24. The summed E-state index contributed by atoms with van der Waals surface area (Å²) >= 11 is 0. The van der Waals surface area contributed by atoms with E-state index in [0.717, 1.165) is 11.1 Å². The van der Waals surface area contributed by atoms with E-state index in [-0.39, 0.29) is 29.6 Å². The zero-order valence-electron chi connectivity index (χ0n) is 17.8. The van der Waals surface area contributed by atoms with Crippen LogP contribution in [0, 0.1) is 0 Å². The Morgan fingerprint density at radius 2 is 1.70 bits per heavy atom. The van der Waals surface area contributed by atoms with E-state index in [2.05, 4.69) is 0 Å². The highest BCUT2D eigenvalue weighted by Crippen LogP contribution is 2.43. The molecular formula is C25H28O5. The molecule has 0 bridgehead atoms. The zero-order valence-corrected chi connectivity index (χ0v) is 17.8. The molecule has 0 unspecified atom stereocenters. The Kier molecular flexibility index (Phi) is 6.20. The smallest absolute Gasteiger partial charge is 0.177 e. The van der Waals surface area contributed by atoms with Crippen molar-refractivity contribution in [3.63, 3.8) is 0 Å². The molecule has 3 N–H and O–H groups in total. The van der Waals surface area contributed by atoms with Gasteiger partial charge in [0, 0.05) is 17.2 Å².